The first-order valence-electron chi connectivity index (χ1n) is 13.3. The summed E-state index contributed by atoms with van der Waals surface area (Å²) in [7, 11) is 0. The van der Waals surface area contributed by atoms with Gasteiger partial charge in [-0.1, -0.05) is 24.3 Å². The molecule has 8 heteroatoms. The van der Waals surface area contributed by atoms with Crippen molar-refractivity contribution >= 4 is 78.1 Å². The zero-order valence-corrected chi connectivity index (χ0v) is 21.7. The van der Waals surface area contributed by atoms with Gasteiger partial charge in [-0.15, -0.1) is 0 Å². The molecule has 0 N–H and O–H groups in total. The zero-order chi connectivity index (χ0) is 28.3. The van der Waals surface area contributed by atoms with Crippen LogP contribution < -0.4 is 9.80 Å². The maximum absolute atomic E-state index is 13.7. The summed E-state index contributed by atoms with van der Waals surface area (Å²) in [5.41, 5.74) is 2.54. The highest BCUT2D eigenvalue weighted by molar-refractivity contribution is 6.45. The second-order valence-corrected chi connectivity index (χ2v) is 10.5. The molecule has 0 bridgehead atoms. The Balaban J connectivity index is 1.35. The number of aromatic nitrogens is 2. The summed E-state index contributed by atoms with van der Waals surface area (Å²) < 4.78 is 0. The first-order valence-corrected chi connectivity index (χ1v) is 13.3. The highest BCUT2D eigenvalue weighted by Gasteiger charge is 2.38. The molecule has 0 saturated carbocycles. The average molecular weight is 545 g/mol. The summed E-state index contributed by atoms with van der Waals surface area (Å²) in [4.78, 5) is 65.4. The topological polar surface area (TPSA) is 101 Å². The number of fused-ring (bicyclic) bond motifs is 2. The molecule has 0 atom stereocenters. The largest absolute Gasteiger partial charge is 0.268 e. The summed E-state index contributed by atoms with van der Waals surface area (Å²) in [5.74, 6) is -1.64. The van der Waals surface area contributed by atoms with E-state index in [1.807, 2.05) is 24.3 Å². The third-order valence-corrected chi connectivity index (χ3v) is 8.44. The van der Waals surface area contributed by atoms with Gasteiger partial charge < -0.3 is 0 Å². The molecule has 7 aromatic rings. The lowest BCUT2D eigenvalue weighted by Gasteiger charge is -2.30. The Morgan fingerprint density at radius 2 is 0.738 bits per heavy atom. The van der Waals surface area contributed by atoms with Crippen molar-refractivity contribution in [3.05, 3.63) is 120 Å². The maximum Gasteiger partial charge on any atom is 0.266 e. The third kappa shape index (κ3) is 2.66. The minimum Gasteiger partial charge on any atom is -0.268 e. The number of pyridine rings is 2. The van der Waals surface area contributed by atoms with Gasteiger partial charge in [-0.05, 0) is 80.8 Å². The fourth-order valence-electron chi connectivity index (χ4n) is 6.71. The van der Waals surface area contributed by atoms with Crippen LogP contribution in [0.4, 0.5) is 11.4 Å². The summed E-state index contributed by atoms with van der Waals surface area (Å²) >= 11 is 0. The number of amides is 4. The van der Waals surface area contributed by atoms with Crippen molar-refractivity contribution in [3.63, 3.8) is 0 Å². The minimum absolute atomic E-state index is 0.408. The maximum atomic E-state index is 13.7. The van der Waals surface area contributed by atoms with Crippen LogP contribution in [0, 0.1) is 0 Å². The number of carbonyl (C=O) groups is 4. The van der Waals surface area contributed by atoms with Gasteiger partial charge in [0.2, 0.25) is 0 Å². The summed E-state index contributed by atoms with van der Waals surface area (Å²) in [6.45, 7) is 0. The number of hydrogen-bond donors (Lipinski definition) is 0. The highest BCUT2D eigenvalue weighted by atomic mass is 16.2. The van der Waals surface area contributed by atoms with Gasteiger partial charge in [0, 0.05) is 45.4 Å². The molecule has 0 saturated heterocycles. The van der Waals surface area contributed by atoms with E-state index in [0.29, 0.717) is 44.4 Å². The molecule has 0 radical (unpaired) electrons. The molecule has 0 aliphatic carbocycles. The third-order valence-electron chi connectivity index (χ3n) is 8.44. The Hall–Kier alpha value is -6.02. The zero-order valence-electron chi connectivity index (χ0n) is 21.7. The van der Waals surface area contributed by atoms with E-state index in [1.165, 1.54) is 22.2 Å². The predicted molar refractivity (Wildman–Crippen MR) is 158 cm³/mol. The summed E-state index contributed by atoms with van der Waals surface area (Å²) in [6.07, 6.45) is 6.18. The Labute approximate surface area is 236 Å². The van der Waals surface area contributed by atoms with Gasteiger partial charge in [0.05, 0.1) is 23.8 Å². The summed E-state index contributed by atoms with van der Waals surface area (Å²) in [6, 6.07) is 21.3. The first-order chi connectivity index (χ1) is 20.5. The number of imide groups is 2. The quantitative estimate of drug-likeness (QED) is 0.148. The molecule has 2 aliphatic rings. The van der Waals surface area contributed by atoms with Crippen LogP contribution in [-0.2, 0) is 0 Å². The second-order valence-electron chi connectivity index (χ2n) is 10.5. The van der Waals surface area contributed by atoms with Crippen LogP contribution in [0.5, 0.6) is 0 Å². The van der Waals surface area contributed by atoms with Crippen molar-refractivity contribution < 1.29 is 19.2 Å². The Kier molecular flexibility index (Phi) is 4.22. The van der Waals surface area contributed by atoms with E-state index in [0.717, 1.165) is 32.3 Å². The van der Waals surface area contributed by atoms with Crippen molar-refractivity contribution in [2.75, 3.05) is 9.80 Å². The number of nitrogens with zero attached hydrogens (tertiary/aromatic N) is 4. The number of hydrogen-bond acceptors (Lipinski definition) is 6. The number of anilines is 2. The Bertz CT molecular complexity index is 2100. The lowest BCUT2D eigenvalue weighted by Crippen LogP contribution is -2.40. The van der Waals surface area contributed by atoms with Gasteiger partial charge in [0.25, 0.3) is 23.6 Å². The molecule has 0 spiro atoms. The molecule has 8 nitrogen and oxygen atoms in total. The van der Waals surface area contributed by atoms with Crippen LogP contribution in [0.2, 0.25) is 0 Å². The minimum atomic E-state index is -0.410. The SMILES string of the molecule is O=C1c2ccc3c4ccc5c6c(ccc(c7ccc(c2c37)C(=O)N1c1cccnc1)c64)C(=O)N(c1cccnc1)C5=O. The van der Waals surface area contributed by atoms with Gasteiger partial charge in [-0.3, -0.25) is 29.1 Å². The van der Waals surface area contributed by atoms with Crippen LogP contribution in [-0.4, -0.2) is 33.6 Å². The van der Waals surface area contributed by atoms with E-state index >= 15 is 0 Å². The van der Waals surface area contributed by atoms with Crippen LogP contribution in [0.1, 0.15) is 41.4 Å². The molecule has 0 unspecified atom stereocenters. The molecule has 9 rings (SSSR count). The second kappa shape index (κ2) is 7.80. The highest BCUT2D eigenvalue weighted by Crippen LogP contribution is 2.46. The molecular formula is C34H16N4O4. The van der Waals surface area contributed by atoms with Crippen molar-refractivity contribution in [1.29, 1.82) is 0 Å². The van der Waals surface area contributed by atoms with Crippen LogP contribution >= 0.6 is 0 Å². The van der Waals surface area contributed by atoms with Gasteiger partial charge in [-0.2, -0.15) is 0 Å². The van der Waals surface area contributed by atoms with Crippen LogP contribution in [0.15, 0.2) is 97.6 Å². The smallest absolute Gasteiger partial charge is 0.266 e. The Morgan fingerprint density at radius 3 is 1.02 bits per heavy atom. The molecule has 0 fully saturated rings. The van der Waals surface area contributed by atoms with Crippen molar-refractivity contribution in [2.24, 2.45) is 0 Å². The van der Waals surface area contributed by atoms with Crippen LogP contribution in [0.3, 0.4) is 0 Å². The molecule has 2 aromatic heterocycles. The molecular weight excluding hydrogens is 528 g/mol. The molecule has 42 heavy (non-hydrogen) atoms. The van der Waals surface area contributed by atoms with E-state index in [9.17, 15) is 19.2 Å². The lowest BCUT2D eigenvalue weighted by atomic mass is 9.82. The molecule has 2 aliphatic heterocycles. The van der Waals surface area contributed by atoms with Gasteiger partial charge in [0.1, 0.15) is 0 Å². The van der Waals surface area contributed by atoms with Crippen molar-refractivity contribution in [2.45, 2.75) is 0 Å². The fourth-order valence-corrected chi connectivity index (χ4v) is 6.71. The number of carbonyl (C=O) groups excluding carboxylic acids is 4. The van der Waals surface area contributed by atoms with Crippen LogP contribution in [0.25, 0.3) is 43.1 Å². The van der Waals surface area contributed by atoms with E-state index in [1.54, 1.807) is 60.9 Å². The first kappa shape index (κ1) is 22.8. The number of benzene rings is 5. The van der Waals surface area contributed by atoms with Crippen molar-refractivity contribution in [1.82, 2.24) is 9.97 Å². The van der Waals surface area contributed by atoms with E-state index in [-0.39, 0.29) is 0 Å². The molecule has 5 aromatic carbocycles. The summed E-state index contributed by atoms with van der Waals surface area (Å²) in [5, 5.41) is 6.18. The van der Waals surface area contributed by atoms with Crippen molar-refractivity contribution in [3.8, 4) is 0 Å². The average Bonchev–Trinajstić information content (AvgIpc) is 3.03. The molecule has 4 heterocycles. The fraction of sp³-hybridized carbons (Fsp3) is 0. The van der Waals surface area contributed by atoms with Gasteiger partial charge in [-0.25, -0.2) is 9.80 Å². The van der Waals surface area contributed by atoms with E-state index in [4.69, 9.17) is 0 Å². The normalized spacial score (nSPS) is 14.8. The van der Waals surface area contributed by atoms with Gasteiger partial charge in [0.15, 0.2) is 0 Å². The number of rotatable bonds is 2. The monoisotopic (exact) mass is 544 g/mol. The molecule has 196 valence electrons. The standard InChI is InChI=1S/C34H16N4O4/c39-31-23-9-5-19-21-7-11-25-30-26(34(42)38(33(25)41)18-4-2-14-36-16-18)12-8-22(28(21)30)20-6-10-24(29(23)27(19)20)32(40)37(31)17-3-1-13-35-15-17/h1-16H. The van der Waals surface area contributed by atoms with Gasteiger partial charge >= 0.3 is 0 Å². The van der Waals surface area contributed by atoms with E-state index in [2.05, 4.69) is 9.97 Å². The molecule has 4 amide bonds. The predicted octanol–water partition coefficient (Wildman–Crippen LogP) is 6.13. The van der Waals surface area contributed by atoms with E-state index < -0.39 is 23.6 Å². The Morgan fingerprint density at radius 1 is 0.405 bits per heavy atom. The lowest BCUT2D eigenvalue weighted by molar-refractivity contribution is 0.0877.